The van der Waals surface area contributed by atoms with Gasteiger partial charge in [0.05, 0.1) is 18.0 Å². The van der Waals surface area contributed by atoms with Crippen LogP contribution in [0.2, 0.25) is 0 Å². The Hall–Kier alpha value is -3.95. The van der Waals surface area contributed by atoms with Crippen LogP contribution in [-0.4, -0.2) is 54.6 Å². The number of amides is 2. The van der Waals surface area contributed by atoms with E-state index in [0.717, 1.165) is 36.8 Å². The van der Waals surface area contributed by atoms with Gasteiger partial charge in [0.25, 0.3) is 5.56 Å². The van der Waals surface area contributed by atoms with E-state index < -0.39 is 5.41 Å². The second kappa shape index (κ2) is 12.5. The van der Waals surface area contributed by atoms with Crippen LogP contribution in [-0.2, 0) is 22.7 Å². The zero-order valence-corrected chi connectivity index (χ0v) is 25.5. The van der Waals surface area contributed by atoms with Crippen LogP contribution in [0.25, 0.3) is 10.8 Å². The first-order valence-corrected chi connectivity index (χ1v) is 15.3. The maximum atomic E-state index is 13.1. The number of carbonyl (C=O) groups excluding carboxylic acids is 2. The molecule has 8 nitrogen and oxygen atoms in total. The Morgan fingerprint density at radius 2 is 1.74 bits per heavy atom. The van der Waals surface area contributed by atoms with E-state index in [1.165, 1.54) is 4.88 Å². The summed E-state index contributed by atoms with van der Waals surface area (Å²) in [6, 6.07) is 19.4. The summed E-state index contributed by atoms with van der Waals surface area (Å²) in [5.41, 5.74) is 0.265. The molecule has 0 atom stereocenters. The molecule has 9 heteroatoms. The Morgan fingerprint density at radius 1 is 0.929 bits per heavy atom. The van der Waals surface area contributed by atoms with Crippen molar-refractivity contribution in [3.05, 3.63) is 87.5 Å². The van der Waals surface area contributed by atoms with E-state index in [2.05, 4.69) is 22.4 Å². The van der Waals surface area contributed by atoms with E-state index in [4.69, 9.17) is 4.74 Å². The molecule has 0 N–H and O–H groups in total. The molecule has 0 radical (unpaired) electrons. The number of fused-ring (bicyclic) bond motifs is 2. The van der Waals surface area contributed by atoms with Gasteiger partial charge >= 0.3 is 0 Å². The Labute approximate surface area is 250 Å². The quantitative estimate of drug-likeness (QED) is 0.174. The van der Waals surface area contributed by atoms with Crippen LogP contribution in [0.1, 0.15) is 32.1 Å². The van der Waals surface area contributed by atoms with Gasteiger partial charge in [0.15, 0.2) is 0 Å². The van der Waals surface area contributed by atoms with Gasteiger partial charge in [-0.2, -0.15) is 0 Å². The van der Waals surface area contributed by atoms with Gasteiger partial charge in [-0.05, 0) is 68.3 Å². The summed E-state index contributed by atoms with van der Waals surface area (Å²) < 4.78 is 7.93. The number of rotatable bonds is 11. The van der Waals surface area contributed by atoms with Crippen molar-refractivity contribution >= 4 is 45.3 Å². The van der Waals surface area contributed by atoms with E-state index in [-0.39, 0.29) is 17.4 Å². The van der Waals surface area contributed by atoms with Crippen molar-refractivity contribution in [2.24, 2.45) is 5.41 Å². The molecule has 0 saturated carbocycles. The standard InChI is InChI=1S/C33H38N4O4S/c1-5-37-28-14-13-25(22-29(28)34(4)31(39)33(2,3)32(37)40)41-20-9-16-35(23-26-11-8-21-42-26)18-19-36-17-15-24-10-6-7-12-27(24)30(36)38/h6-8,10-15,17,21-22H,5,9,16,18-20,23H2,1-4H3. The SMILES string of the molecule is CCN1C(=O)C(C)(C)C(=O)N(C)c2cc(OCCCN(CCn3ccc4ccccc4c3=O)Cc3cccs3)ccc21. The summed E-state index contributed by atoms with van der Waals surface area (Å²) in [7, 11) is 1.71. The molecule has 4 aromatic rings. The van der Waals surface area contributed by atoms with Gasteiger partial charge in [0.2, 0.25) is 11.8 Å². The molecule has 1 aliphatic heterocycles. The fourth-order valence-corrected chi connectivity index (χ4v) is 6.24. The molecule has 0 fully saturated rings. The van der Waals surface area contributed by atoms with E-state index in [0.29, 0.717) is 36.8 Å². The maximum absolute atomic E-state index is 13.1. The lowest BCUT2D eigenvalue weighted by atomic mass is 9.90. The highest BCUT2D eigenvalue weighted by molar-refractivity contribution is 7.09. The number of benzene rings is 2. The van der Waals surface area contributed by atoms with Crippen molar-refractivity contribution in [2.75, 3.05) is 43.1 Å². The minimum Gasteiger partial charge on any atom is -0.493 e. The van der Waals surface area contributed by atoms with Gasteiger partial charge in [0.1, 0.15) is 11.2 Å². The van der Waals surface area contributed by atoms with Crippen LogP contribution in [0.3, 0.4) is 0 Å². The average Bonchev–Trinajstić information content (AvgIpc) is 3.50. The fraction of sp³-hybridized carbons (Fsp3) is 0.364. The fourth-order valence-electron chi connectivity index (χ4n) is 5.50. The van der Waals surface area contributed by atoms with Crippen molar-refractivity contribution < 1.29 is 14.3 Å². The molecule has 42 heavy (non-hydrogen) atoms. The topological polar surface area (TPSA) is 75.1 Å². The lowest BCUT2D eigenvalue weighted by Crippen LogP contribution is -2.47. The normalized spacial score (nSPS) is 14.9. The van der Waals surface area contributed by atoms with Crippen LogP contribution in [0, 0.1) is 5.41 Å². The third kappa shape index (κ3) is 5.98. The van der Waals surface area contributed by atoms with E-state index in [1.807, 2.05) is 61.7 Å². The van der Waals surface area contributed by atoms with E-state index >= 15 is 0 Å². The maximum Gasteiger partial charge on any atom is 0.258 e. The van der Waals surface area contributed by atoms with Crippen LogP contribution < -0.4 is 20.1 Å². The number of pyridine rings is 1. The van der Waals surface area contributed by atoms with Crippen LogP contribution in [0.5, 0.6) is 5.75 Å². The molecular formula is C33H38N4O4S. The van der Waals surface area contributed by atoms with Crippen molar-refractivity contribution in [1.29, 1.82) is 0 Å². The van der Waals surface area contributed by atoms with E-state index in [9.17, 15) is 14.4 Å². The summed E-state index contributed by atoms with van der Waals surface area (Å²) in [4.78, 5) is 46.2. The van der Waals surface area contributed by atoms with Crippen LogP contribution in [0.15, 0.2) is 77.0 Å². The summed E-state index contributed by atoms with van der Waals surface area (Å²) in [5.74, 6) is 0.215. The highest BCUT2D eigenvalue weighted by Gasteiger charge is 2.45. The van der Waals surface area contributed by atoms with Crippen molar-refractivity contribution in [3.63, 3.8) is 0 Å². The number of hydrogen-bond acceptors (Lipinski definition) is 6. The summed E-state index contributed by atoms with van der Waals surface area (Å²) in [6.07, 6.45) is 2.67. The van der Waals surface area contributed by atoms with Gasteiger partial charge in [-0.15, -0.1) is 11.3 Å². The molecule has 0 bridgehead atoms. The molecule has 5 rings (SSSR count). The Kier molecular flexibility index (Phi) is 8.80. The predicted molar refractivity (Wildman–Crippen MR) is 170 cm³/mol. The van der Waals surface area contributed by atoms with Crippen LogP contribution >= 0.6 is 11.3 Å². The average molecular weight is 587 g/mol. The molecule has 220 valence electrons. The molecule has 0 saturated heterocycles. The molecule has 0 unspecified atom stereocenters. The highest BCUT2D eigenvalue weighted by Crippen LogP contribution is 2.40. The van der Waals surface area contributed by atoms with Gasteiger partial charge < -0.3 is 19.1 Å². The van der Waals surface area contributed by atoms with Gasteiger partial charge in [-0.25, -0.2) is 0 Å². The zero-order chi connectivity index (χ0) is 29.9. The smallest absolute Gasteiger partial charge is 0.258 e. The number of carbonyl (C=O) groups is 2. The first-order chi connectivity index (χ1) is 20.2. The molecule has 1 aliphatic rings. The van der Waals surface area contributed by atoms with Crippen molar-refractivity contribution in [2.45, 2.75) is 40.3 Å². The molecule has 0 spiro atoms. The minimum absolute atomic E-state index is 0.0332. The number of ether oxygens (including phenoxy) is 1. The van der Waals surface area contributed by atoms with Crippen LogP contribution in [0.4, 0.5) is 11.4 Å². The Morgan fingerprint density at radius 3 is 2.50 bits per heavy atom. The van der Waals surface area contributed by atoms with Gasteiger partial charge in [-0.1, -0.05) is 24.3 Å². The van der Waals surface area contributed by atoms with Gasteiger partial charge in [0, 0.05) is 62.3 Å². The first-order valence-electron chi connectivity index (χ1n) is 14.4. The Bertz CT molecular complexity index is 1630. The number of aromatic nitrogens is 1. The number of nitrogens with zero attached hydrogens (tertiary/aromatic N) is 4. The molecule has 3 heterocycles. The summed E-state index contributed by atoms with van der Waals surface area (Å²) >= 11 is 1.73. The Balaban J connectivity index is 1.24. The molecule has 2 amide bonds. The second-order valence-electron chi connectivity index (χ2n) is 11.1. The predicted octanol–water partition coefficient (Wildman–Crippen LogP) is 5.39. The van der Waals surface area contributed by atoms with E-state index in [1.54, 1.807) is 46.6 Å². The zero-order valence-electron chi connectivity index (χ0n) is 24.7. The molecule has 2 aromatic carbocycles. The largest absolute Gasteiger partial charge is 0.493 e. The highest BCUT2D eigenvalue weighted by atomic mass is 32.1. The summed E-state index contributed by atoms with van der Waals surface area (Å²) in [5, 5.41) is 3.78. The molecule has 0 aliphatic carbocycles. The lowest BCUT2D eigenvalue weighted by molar-refractivity contribution is -0.137. The van der Waals surface area contributed by atoms with Crippen molar-refractivity contribution in [1.82, 2.24) is 9.47 Å². The van der Waals surface area contributed by atoms with Gasteiger partial charge in [-0.3, -0.25) is 19.3 Å². The lowest BCUT2D eigenvalue weighted by Gasteiger charge is -2.27. The molecule has 2 aromatic heterocycles. The first kappa shape index (κ1) is 29.5. The monoisotopic (exact) mass is 586 g/mol. The summed E-state index contributed by atoms with van der Waals surface area (Å²) in [6.45, 7) is 9.19. The minimum atomic E-state index is -1.14. The third-order valence-electron chi connectivity index (χ3n) is 7.92. The number of anilines is 2. The third-order valence-corrected chi connectivity index (χ3v) is 8.79. The molecular weight excluding hydrogens is 548 g/mol. The number of thiophene rings is 1. The number of hydrogen-bond donors (Lipinski definition) is 0. The second-order valence-corrected chi connectivity index (χ2v) is 12.2. The van der Waals surface area contributed by atoms with Crippen molar-refractivity contribution in [3.8, 4) is 5.75 Å².